The number of rotatable bonds is 3. The van der Waals surface area contributed by atoms with Crippen molar-refractivity contribution in [1.29, 1.82) is 0 Å². The van der Waals surface area contributed by atoms with E-state index in [1.807, 2.05) is 0 Å². The smallest absolute Gasteiger partial charge is 0.762 e. The predicted molar refractivity (Wildman–Crippen MR) is 105 cm³/mol. The highest BCUT2D eigenvalue weighted by Crippen LogP contribution is 2.24. The summed E-state index contributed by atoms with van der Waals surface area (Å²) in [7, 11) is -3.67. The molecule has 1 unspecified atom stereocenters. The molecule has 0 bridgehead atoms. The topological polar surface area (TPSA) is 21.7 Å². The summed E-state index contributed by atoms with van der Waals surface area (Å²) in [6, 6.07) is 15.8. The first kappa shape index (κ1) is 22.7. The molecular formula is C21H24BF4N3. The first-order valence-electron chi connectivity index (χ1n) is 9.39. The Labute approximate surface area is 168 Å². The third kappa shape index (κ3) is 5.46. The van der Waals surface area contributed by atoms with Crippen LogP contribution >= 0.6 is 0 Å². The van der Waals surface area contributed by atoms with Gasteiger partial charge in [0.2, 0.25) is 6.33 Å². The van der Waals surface area contributed by atoms with Crippen LogP contribution in [-0.2, 0) is 12.8 Å². The van der Waals surface area contributed by atoms with E-state index >= 15 is 0 Å². The van der Waals surface area contributed by atoms with Crippen molar-refractivity contribution in [3.63, 3.8) is 0 Å². The lowest BCUT2D eigenvalue weighted by Crippen LogP contribution is -3.00. The Morgan fingerprint density at radius 1 is 1.07 bits per heavy atom. The van der Waals surface area contributed by atoms with Gasteiger partial charge in [-0.1, -0.05) is 52.7 Å². The molecule has 0 saturated heterocycles. The fraction of sp³-hybridized carbons (Fsp3) is 0.333. The second-order valence-electron chi connectivity index (χ2n) is 7.26. The molecule has 0 fully saturated rings. The molecule has 0 aliphatic carbocycles. The lowest BCUT2D eigenvalue weighted by Gasteiger charge is -2.09. The van der Waals surface area contributed by atoms with Crippen LogP contribution in [-0.4, -0.2) is 17.3 Å². The van der Waals surface area contributed by atoms with E-state index in [0.29, 0.717) is 6.04 Å². The van der Waals surface area contributed by atoms with Gasteiger partial charge in [0.15, 0.2) is 0 Å². The fourth-order valence-corrected chi connectivity index (χ4v) is 4.03. The van der Waals surface area contributed by atoms with E-state index < -0.39 is 7.54 Å². The third-order valence-corrected chi connectivity index (χ3v) is 5.03. The molecule has 0 N–H and O–H groups in total. The fourth-order valence-electron chi connectivity index (χ4n) is 4.03. The Hall–Kier alpha value is -2.64. The van der Waals surface area contributed by atoms with Crippen molar-refractivity contribution in [2.45, 2.75) is 46.1 Å². The summed E-state index contributed by atoms with van der Waals surface area (Å²) >= 11 is 0. The lowest BCUT2D eigenvalue weighted by molar-refractivity contribution is -0.716. The van der Waals surface area contributed by atoms with Gasteiger partial charge in [-0.15, -0.1) is 0 Å². The Morgan fingerprint density at radius 2 is 1.66 bits per heavy atom. The number of benzene rings is 2. The summed E-state index contributed by atoms with van der Waals surface area (Å²) in [5.41, 5.74) is 6.50. The molecular weight excluding hydrogens is 381 g/mol. The Balaban J connectivity index is 0.000000552. The van der Waals surface area contributed by atoms with Crippen molar-refractivity contribution in [3.05, 3.63) is 76.9 Å². The van der Waals surface area contributed by atoms with E-state index in [9.17, 15) is 12.9 Å². The van der Waals surface area contributed by atoms with E-state index in [-0.39, 0.29) is 4.70 Å². The lowest BCUT2D eigenvalue weighted by atomic mass is 10.0. The normalized spacial score (nSPS) is 14.5. The van der Waals surface area contributed by atoms with Crippen LogP contribution in [0.1, 0.15) is 40.5 Å². The maximum atomic E-state index is 9.67. The van der Waals surface area contributed by atoms with Crippen LogP contribution in [0.15, 0.2) is 48.8 Å². The van der Waals surface area contributed by atoms with Crippen LogP contribution in [0.5, 0.6) is 0 Å². The highest BCUT2D eigenvalue weighted by molar-refractivity contribution is 6.33. The molecule has 154 valence electrons. The molecule has 0 saturated carbocycles. The van der Waals surface area contributed by atoms with Gasteiger partial charge in [0.05, 0.1) is 6.04 Å². The molecule has 3 aromatic rings. The first-order chi connectivity index (χ1) is 13.3. The number of halogens is 4. The molecule has 8 heteroatoms. The maximum absolute atomic E-state index is 9.67. The quantitative estimate of drug-likeness (QED) is 0.370. The molecule has 1 aromatic heterocycles. The largest absolute Gasteiger partial charge is 1.00 e. The second kappa shape index (κ2) is 9.72. The van der Waals surface area contributed by atoms with Gasteiger partial charge in [-0.2, -0.15) is 0 Å². The van der Waals surface area contributed by atoms with Gasteiger partial charge in [0.1, 0.15) is 5.69 Å². The van der Waals surface area contributed by atoms with Crippen molar-refractivity contribution >= 4 is 7.54 Å². The monoisotopic (exact) mass is 405 g/mol. The molecule has 2 aromatic carbocycles. The molecule has 0 amide bonds. The third-order valence-electron chi connectivity index (χ3n) is 5.03. The van der Waals surface area contributed by atoms with Gasteiger partial charge in [-0.3, -0.25) is 12.9 Å². The van der Waals surface area contributed by atoms with Crippen LogP contribution in [0.3, 0.4) is 0 Å². The minimum Gasteiger partial charge on any atom is -1.00 e. The highest BCUT2D eigenvalue weighted by atomic mass is 19.4. The number of aromatic nitrogens is 3. The van der Waals surface area contributed by atoms with Crippen LogP contribution in [0, 0.1) is 20.8 Å². The minimum absolute atomic E-state index is 0. The molecule has 3 nitrogen and oxygen atoms in total. The average molecular weight is 405 g/mol. The van der Waals surface area contributed by atoms with Gasteiger partial charge in [0.25, 0.3) is 5.82 Å². The standard InChI is InChI=1S/C21H24N3.BF3.FH/c1-15-11-16(2)21(17(3)12-15)24-14-23-19(9-10-20(23)22-24)13-18-7-5-4-6-8-18;2-1(3)4;/h4-8,11-12,14,19H,9-10,13H2,1-3H3;;1H/q+1;;/p-1. The second-order valence-corrected chi connectivity index (χ2v) is 7.26. The maximum Gasteiger partial charge on any atom is 0.762 e. The first-order valence-corrected chi connectivity index (χ1v) is 9.39. The van der Waals surface area contributed by atoms with Crippen molar-refractivity contribution < 1.29 is 22.2 Å². The predicted octanol–water partition coefficient (Wildman–Crippen LogP) is 1.70. The van der Waals surface area contributed by atoms with E-state index in [4.69, 9.17) is 5.10 Å². The zero-order valence-corrected chi connectivity index (χ0v) is 16.7. The van der Waals surface area contributed by atoms with Crippen molar-refractivity contribution in [2.75, 3.05) is 0 Å². The van der Waals surface area contributed by atoms with E-state index in [1.165, 1.54) is 40.2 Å². The number of hydrogen-bond donors (Lipinski definition) is 0. The summed E-state index contributed by atoms with van der Waals surface area (Å²) in [6.45, 7) is 6.50. The highest BCUT2D eigenvalue weighted by Gasteiger charge is 2.32. The minimum atomic E-state index is -3.67. The SMILES string of the molecule is Cc1cc(C)c(-n2c[n+]3c(n2)CCC3Cc2ccccc2)c(C)c1.FB(F)F.[F-]. The van der Waals surface area contributed by atoms with E-state index in [0.717, 1.165) is 12.8 Å². The van der Waals surface area contributed by atoms with Crippen molar-refractivity contribution in [3.8, 4) is 5.69 Å². The molecule has 0 spiro atoms. The summed E-state index contributed by atoms with van der Waals surface area (Å²) in [4.78, 5) is 0. The van der Waals surface area contributed by atoms with Crippen molar-refractivity contribution in [1.82, 2.24) is 9.78 Å². The molecule has 0 radical (unpaired) electrons. The Bertz CT molecular complexity index is 919. The van der Waals surface area contributed by atoms with Gasteiger partial charge < -0.3 is 4.70 Å². The van der Waals surface area contributed by atoms with Gasteiger partial charge in [-0.05, 0) is 43.9 Å². The van der Waals surface area contributed by atoms with Gasteiger partial charge in [0, 0.05) is 17.9 Å². The molecule has 1 aliphatic heterocycles. The molecule has 1 atom stereocenters. The van der Waals surface area contributed by atoms with Crippen LogP contribution < -0.4 is 9.27 Å². The number of hydrogen-bond acceptors (Lipinski definition) is 1. The summed E-state index contributed by atoms with van der Waals surface area (Å²) in [6.07, 6.45) is 5.52. The summed E-state index contributed by atoms with van der Waals surface area (Å²) < 4.78 is 33.5. The van der Waals surface area contributed by atoms with Crippen LogP contribution in [0.25, 0.3) is 5.69 Å². The molecule has 29 heavy (non-hydrogen) atoms. The summed E-state index contributed by atoms with van der Waals surface area (Å²) in [5.74, 6) is 1.20. The van der Waals surface area contributed by atoms with Gasteiger partial charge in [-0.25, -0.2) is 4.57 Å². The van der Waals surface area contributed by atoms with E-state index in [2.05, 4.69) is 78.8 Å². The van der Waals surface area contributed by atoms with Crippen molar-refractivity contribution in [2.24, 2.45) is 0 Å². The zero-order valence-electron chi connectivity index (χ0n) is 16.7. The molecule has 4 rings (SSSR count). The van der Waals surface area contributed by atoms with E-state index in [1.54, 1.807) is 0 Å². The van der Waals surface area contributed by atoms with Crippen LogP contribution in [0.2, 0.25) is 0 Å². The molecule has 2 heterocycles. The zero-order chi connectivity index (χ0) is 20.3. The van der Waals surface area contributed by atoms with Crippen LogP contribution in [0.4, 0.5) is 12.9 Å². The Morgan fingerprint density at radius 3 is 2.24 bits per heavy atom. The average Bonchev–Trinajstić information content (AvgIpc) is 3.16. The number of aryl methyl sites for hydroxylation is 4. The summed E-state index contributed by atoms with van der Waals surface area (Å²) in [5, 5.41) is 4.88. The number of nitrogens with zero attached hydrogens (tertiary/aromatic N) is 3. The number of fused-ring (bicyclic) bond motifs is 1. The Kier molecular flexibility index (Phi) is 7.59. The van der Waals surface area contributed by atoms with Gasteiger partial charge >= 0.3 is 7.54 Å². The molecule has 1 aliphatic rings.